The van der Waals surface area contributed by atoms with E-state index >= 15 is 0 Å². The number of benzene rings is 2. The van der Waals surface area contributed by atoms with Gasteiger partial charge in [-0.15, -0.1) is 0 Å². The van der Waals surface area contributed by atoms with Gasteiger partial charge in [-0.05, 0) is 56.0 Å². The van der Waals surface area contributed by atoms with Gasteiger partial charge in [-0.25, -0.2) is 9.18 Å². The average Bonchev–Trinajstić information content (AvgIpc) is 2.90. The van der Waals surface area contributed by atoms with Crippen molar-refractivity contribution in [3.05, 3.63) is 71.0 Å². The topological polar surface area (TPSA) is 97.3 Å². The highest BCUT2D eigenvalue weighted by molar-refractivity contribution is 5.82. The van der Waals surface area contributed by atoms with Gasteiger partial charge in [0.25, 0.3) is 5.91 Å². The zero-order valence-electron chi connectivity index (χ0n) is 23.0. The molecule has 0 aromatic heterocycles. The number of carbonyl (C=O) groups is 2. The molecule has 1 saturated heterocycles. The molecule has 224 valence electrons. The molecule has 0 aliphatic carbocycles. The van der Waals surface area contributed by atoms with E-state index in [9.17, 15) is 32.3 Å². The minimum atomic E-state index is -4.86. The van der Waals surface area contributed by atoms with Crippen molar-refractivity contribution in [1.29, 1.82) is 0 Å². The Balaban J connectivity index is 1.59. The molecule has 0 unspecified atom stereocenters. The first-order valence-electron chi connectivity index (χ1n) is 13.3. The Kier molecular flexibility index (Phi) is 9.25. The summed E-state index contributed by atoms with van der Waals surface area (Å²) in [6.07, 6.45) is -10.3. The van der Waals surface area contributed by atoms with Gasteiger partial charge in [-0.2, -0.15) is 13.2 Å². The van der Waals surface area contributed by atoms with Gasteiger partial charge >= 0.3 is 12.3 Å². The number of alkyl carbamates (subject to hydrolysis) is 1. The molecule has 2 aromatic rings. The van der Waals surface area contributed by atoms with E-state index in [1.165, 1.54) is 12.1 Å². The molecule has 2 N–H and O–H groups in total. The Morgan fingerprint density at radius 2 is 1.80 bits per heavy atom. The summed E-state index contributed by atoms with van der Waals surface area (Å²) in [6, 6.07) is 11.8. The van der Waals surface area contributed by atoms with E-state index in [-0.39, 0.29) is 6.42 Å². The van der Waals surface area contributed by atoms with Crippen molar-refractivity contribution in [2.75, 3.05) is 19.8 Å². The summed E-state index contributed by atoms with van der Waals surface area (Å²) in [5.41, 5.74) is 1.71. The summed E-state index contributed by atoms with van der Waals surface area (Å²) in [6.45, 7) is 3.44. The van der Waals surface area contributed by atoms with E-state index < -0.39 is 73.2 Å². The van der Waals surface area contributed by atoms with E-state index in [4.69, 9.17) is 14.2 Å². The molecule has 2 aliphatic heterocycles. The van der Waals surface area contributed by atoms with Crippen LogP contribution in [0.3, 0.4) is 0 Å². The Bertz CT molecular complexity index is 1220. The lowest BCUT2D eigenvalue weighted by molar-refractivity contribution is -0.255. The smallest absolute Gasteiger partial charge is 0.416 e. The standard InChI is InChI=1S/C29H34F4N2O6/c1-28(2,3)41-27(38)34-21-14-22(39-16-23(21)40-24(15-36)29(31,32)33)26(37)35-13-12-17-6-4-5-7-20(17)25(35)18-8-10-19(30)11-9-18/h4-11,21-25,36H,12-16H2,1-3H3,(H,34,38)/t21-,22+,23-,24-,25-/m0/s1. The number of aliphatic hydroxyl groups is 1. The number of fused-ring (bicyclic) bond motifs is 1. The second-order valence-corrected chi connectivity index (χ2v) is 11.1. The number of hydrogen-bond acceptors (Lipinski definition) is 6. The molecule has 2 aromatic carbocycles. The highest BCUT2D eigenvalue weighted by atomic mass is 19.4. The van der Waals surface area contributed by atoms with Crippen LogP contribution in [0.25, 0.3) is 0 Å². The van der Waals surface area contributed by atoms with E-state index in [1.807, 2.05) is 24.3 Å². The SMILES string of the molecule is CC(C)(C)OC(=O)N[C@H]1C[C@H](C(=O)N2CCc3ccccc3[C@@H]2c2ccc(F)cc2)OC[C@@H]1O[C@@H](CO)C(F)(F)F. The normalized spacial score (nSPS) is 23.9. The Hall–Kier alpha value is -3.22. The van der Waals surface area contributed by atoms with Gasteiger partial charge in [-0.1, -0.05) is 36.4 Å². The maximum Gasteiger partial charge on any atom is 0.416 e. The summed E-state index contributed by atoms with van der Waals surface area (Å²) in [5.74, 6) is -0.855. The summed E-state index contributed by atoms with van der Waals surface area (Å²) < 4.78 is 70.0. The number of nitrogens with one attached hydrogen (secondary N) is 1. The maximum absolute atomic E-state index is 13.9. The minimum Gasteiger partial charge on any atom is -0.444 e. The van der Waals surface area contributed by atoms with Gasteiger partial charge in [-0.3, -0.25) is 4.79 Å². The zero-order valence-corrected chi connectivity index (χ0v) is 23.0. The molecule has 0 spiro atoms. The van der Waals surface area contributed by atoms with Crippen LogP contribution in [0.4, 0.5) is 22.4 Å². The fourth-order valence-corrected chi connectivity index (χ4v) is 5.12. The van der Waals surface area contributed by atoms with Crippen LogP contribution in [0.5, 0.6) is 0 Å². The second-order valence-electron chi connectivity index (χ2n) is 11.1. The van der Waals surface area contributed by atoms with Crippen molar-refractivity contribution in [2.45, 2.75) is 75.8 Å². The molecular weight excluding hydrogens is 548 g/mol. The number of nitrogens with zero attached hydrogens (tertiary/aromatic N) is 1. The number of ether oxygens (including phenoxy) is 3. The third-order valence-corrected chi connectivity index (χ3v) is 6.98. The van der Waals surface area contributed by atoms with Gasteiger partial charge in [0, 0.05) is 13.0 Å². The number of amides is 2. The zero-order chi connectivity index (χ0) is 29.9. The summed E-state index contributed by atoms with van der Waals surface area (Å²) in [5, 5.41) is 11.8. The fraction of sp³-hybridized carbons (Fsp3) is 0.517. The van der Waals surface area contributed by atoms with E-state index in [0.29, 0.717) is 18.5 Å². The van der Waals surface area contributed by atoms with E-state index in [2.05, 4.69) is 5.32 Å². The van der Waals surface area contributed by atoms with Crippen LogP contribution in [0.15, 0.2) is 48.5 Å². The summed E-state index contributed by atoms with van der Waals surface area (Å²) in [4.78, 5) is 28.1. The lowest BCUT2D eigenvalue weighted by Gasteiger charge is -2.42. The first kappa shape index (κ1) is 30.7. The van der Waals surface area contributed by atoms with E-state index in [1.54, 1.807) is 37.8 Å². The van der Waals surface area contributed by atoms with Crippen LogP contribution >= 0.6 is 0 Å². The maximum atomic E-state index is 13.9. The molecule has 2 aliphatic rings. The molecule has 4 rings (SSSR count). The van der Waals surface area contributed by atoms with Gasteiger partial charge in [0.1, 0.15) is 23.6 Å². The van der Waals surface area contributed by atoms with Crippen molar-refractivity contribution in [3.8, 4) is 0 Å². The van der Waals surface area contributed by atoms with Crippen LogP contribution < -0.4 is 5.32 Å². The molecule has 0 bridgehead atoms. The van der Waals surface area contributed by atoms with Crippen molar-refractivity contribution in [3.63, 3.8) is 0 Å². The van der Waals surface area contributed by atoms with Gasteiger partial charge in [0.15, 0.2) is 6.10 Å². The van der Waals surface area contributed by atoms with Crippen LogP contribution in [-0.2, 0) is 25.4 Å². The quantitative estimate of drug-likeness (QED) is 0.494. The van der Waals surface area contributed by atoms with Crippen molar-refractivity contribution in [2.24, 2.45) is 0 Å². The number of halogens is 4. The molecule has 0 saturated carbocycles. The molecular formula is C29H34F4N2O6. The molecule has 2 amide bonds. The lowest BCUT2D eigenvalue weighted by atomic mass is 9.87. The monoisotopic (exact) mass is 582 g/mol. The third kappa shape index (κ3) is 7.55. The molecule has 8 nitrogen and oxygen atoms in total. The van der Waals surface area contributed by atoms with Crippen LogP contribution in [0.1, 0.15) is 49.9 Å². The fourth-order valence-electron chi connectivity index (χ4n) is 5.12. The number of aliphatic hydroxyl groups excluding tert-OH is 1. The van der Waals surface area contributed by atoms with Crippen LogP contribution in [0, 0.1) is 5.82 Å². The number of carbonyl (C=O) groups excluding carboxylic acids is 2. The lowest BCUT2D eigenvalue weighted by Crippen LogP contribution is -2.58. The number of alkyl halides is 3. The molecule has 5 atom stereocenters. The van der Waals surface area contributed by atoms with Crippen molar-refractivity contribution in [1.82, 2.24) is 10.2 Å². The summed E-state index contributed by atoms with van der Waals surface area (Å²) in [7, 11) is 0. The predicted octanol–water partition coefficient (Wildman–Crippen LogP) is 4.29. The molecule has 12 heteroatoms. The largest absolute Gasteiger partial charge is 0.444 e. The first-order valence-corrected chi connectivity index (χ1v) is 13.3. The summed E-state index contributed by atoms with van der Waals surface area (Å²) >= 11 is 0. The third-order valence-electron chi connectivity index (χ3n) is 6.98. The number of rotatable bonds is 6. The molecule has 0 radical (unpaired) electrons. The molecule has 2 heterocycles. The highest BCUT2D eigenvalue weighted by Crippen LogP contribution is 2.37. The average molecular weight is 583 g/mol. The highest BCUT2D eigenvalue weighted by Gasteiger charge is 2.46. The van der Waals surface area contributed by atoms with Crippen molar-refractivity contribution >= 4 is 12.0 Å². The van der Waals surface area contributed by atoms with Gasteiger partial charge < -0.3 is 29.5 Å². The van der Waals surface area contributed by atoms with Crippen molar-refractivity contribution < 1.29 is 46.5 Å². The van der Waals surface area contributed by atoms with Crippen LogP contribution in [0.2, 0.25) is 0 Å². The van der Waals surface area contributed by atoms with Gasteiger partial charge in [0.05, 0.1) is 25.3 Å². The Labute approximate surface area is 235 Å². The van der Waals surface area contributed by atoms with E-state index in [0.717, 1.165) is 11.1 Å². The molecule has 1 fully saturated rings. The number of hydrogen-bond donors (Lipinski definition) is 2. The molecule has 41 heavy (non-hydrogen) atoms. The Morgan fingerprint density at radius 1 is 1.12 bits per heavy atom. The first-order chi connectivity index (χ1) is 19.3. The second kappa shape index (κ2) is 12.3. The van der Waals surface area contributed by atoms with Gasteiger partial charge in [0.2, 0.25) is 0 Å². The van der Waals surface area contributed by atoms with Crippen LogP contribution in [-0.4, -0.2) is 77.9 Å². The predicted molar refractivity (Wildman–Crippen MR) is 139 cm³/mol. The minimum absolute atomic E-state index is 0.201. The Morgan fingerprint density at radius 3 is 2.44 bits per heavy atom.